The molecule has 1 saturated heterocycles. The molecule has 1 N–H and O–H groups in total. The molecule has 0 radical (unpaired) electrons. The molecule has 3 amide bonds. The van der Waals surface area contributed by atoms with E-state index in [4.69, 9.17) is 4.74 Å². The minimum absolute atomic E-state index is 0.136. The third kappa shape index (κ3) is 1.77. The van der Waals surface area contributed by atoms with Crippen LogP contribution in [0.4, 0.5) is 10.5 Å². The molecule has 100 valence electrons. The summed E-state index contributed by atoms with van der Waals surface area (Å²) in [5.74, 6) is 0.494. The van der Waals surface area contributed by atoms with Gasteiger partial charge in [0.25, 0.3) is 5.91 Å². The SMILES string of the molecule is COc1cccc(N2C(=O)NC3(CCCC3)C2=O)c1. The zero-order chi connectivity index (χ0) is 13.5. The summed E-state index contributed by atoms with van der Waals surface area (Å²) in [6.07, 6.45) is 3.44. The van der Waals surface area contributed by atoms with Crippen LogP contribution in [0, 0.1) is 0 Å². The van der Waals surface area contributed by atoms with Gasteiger partial charge in [-0.25, -0.2) is 9.69 Å². The summed E-state index contributed by atoms with van der Waals surface area (Å²) in [4.78, 5) is 25.9. The molecule has 0 bridgehead atoms. The molecule has 1 spiro atoms. The highest BCUT2D eigenvalue weighted by atomic mass is 16.5. The van der Waals surface area contributed by atoms with E-state index in [-0.39, 0.29) is 11.9 Å². The van der Waals surface area contributed by atoms with Gasteiger partial charge in [0.05, 0.1) is 12.8 Å². The van der Waals surface area contributed by atoms with Crippen molar-refractivity contribution in [3.63, 3.8) is 0 Å². The largest absolute Gasteiger partial charge is 0.497 e. The number of nitrogens with zero attached hydrogens (tertiary/aromatic N) is 1. The van der Waals surface area contributed by atoms with Gasteiger partial charge >= 0.3 is 6.03 Å². The molecule has 1 aromatic carbocycles. The lowest BCUT2D eigenvalue weighted by Gasteiger charge is -2.20. The van der Waals surface area contributed by atoms with Crippen LogP contribution in [0.25, 0.3) is 0 Å². The number of carbonyl (C=O) groups excluding carboxylic acids is 2. The molecule has 3 rings (SSSR count). The minimum atomic E-state index is -0.667. The maximum atomic E-state index is 12.5. The second-order valence-corrected chi connectivity index (χ2v) is 5.06. The number of rotatable bonds is 2. The van der Waals surface area contributed by atoms with Gasteiger partial charge in [-0.2, -0.15) is 0 Å². The zero-order valence-corrected chi connectivity index (χ0v) is 10.8. The summed E-state index contributed by atoms with van der Waals surface area (Å²) in [5.41, 5.74) is -0.106. The first-order valence-corrected chi connectivity index (χ1v) is 6.47. The number of hydrogen-bond donors (Lipinski definition) is 1. The summed E-state index contributed by atoms with van der Waals surface area (Å²) in [6, 6.07) is 6.67. The molecule has 0 unspecified atom stereocenters. The lowest BCUT2D eigenvalue weighted by molar-refractivity contribution is -0.121. The topological polar surface area (TPSA) is 58.6 Å². The number of nitrogens with one attached hydrogen (secondary N) is 1. The van der Waals surface area contributed by atoms with Crippen molar-refractivity contribution in [3.05, 3.63) is 24.3 Å². The van der Waals surface area contributed by atoms with Gasteiger partial charge in [0.15, 0.2) is 0 Å². The van der Waals surface area contributed by atoms with E-state index in [2.05, 4.69) is 5.32 Å². The standard InChI is InChI=1S/C14H16N2O3/c1-19-11-6-4-5-10(9-11)16-12(17)14(15-13(16)18)7-2-3-8-14/h4-6,9H,2-3,7-8H2,1H3,(H,15,18). The van der Waals surface area contributed by atoms with Gasteiger partial charge < -0.3 is 10.1 Å². The van der Waals surface area contributed by atoms with Gasteiger partial charge in [0.2, 0.25) is 0 Å². The fourth-order valence-electron chi connectivity index (χ4n) is 2.92. The Morgan fingerprint density at radius 1 is 1.26 bits per heavy atom. The van der Waals surface area contributed by atoms with Gasteiger partial charge in [0.1, 0.15) is 11.3 Å². The summed E-state index contributed by atoms with van der Waals surface area (Å²) < 4.78 is 5.13. The third-order valence-electron chi connectivity index (χ3n) is 3.93. The van der Waals surface area contributed by atoms with Crippen molar-refractivity contribution < 1.29 is 14.3 Å². The van der Waals surface area contributed by atoms with Gasteiger partial charge in [-0.3, -0.25) is 4.79 Å². The van der Waals surface area contributed by atoms with E-state index in [1.54, 1.807) is 31.4 Å². The van der Waals surface area contributed by atoms with Crippen molar-refractivity contribution in [2.75, 3.05) is 12.0 Å². The van der Waals surface area contributed by atoms with Crippen molar-refractivity contribution >= 4 is 17.6 Å². The van der Waals surface area contributed by atoms with Crippen LogP contribution in [0.15, 0.2) is 24.3 Å². The Morgan fingerprint density at radius 3 is 2.68 bits per heavy atom. The summed E-state index contributed by atoms with van der Waals surface area (Å²) in [6.45, 7) is 0. The van der Waals surface area contributed by atoms with E-state index in [1.165, 1.54) is 4.90 Å². The second kappa shape index (κ2) is 4.26. The lowest BCUT2D eigenvalue weighted by atomic mass is 9.98. The Labute approximate surface area is 111 Å². The number of anilines is 1. The highest BCUT2D eigenvalue weighted by Gasteiger charge is 2.52. The molecule has 0 aromatic heterocycles. The van der Waals surface area contributed by atoms with Crippen molar-refractivity contribution in [2.45, 2.75) is 31.2 Å². The van der Waals surface area contributed by atoms with E-state index < -0.39 is 5.54 Å². The first-order chi connectivity index (χ1) is 9.16. The molecule has 0 atom stereocenters. The fourth-order valence-corrected chi connectivity index (χ4v) is 2.92. The number of methoxy groups -OCH3 is 1. The van der Waals surface area contributed by atoms with E-state index in [9.17, 15) is 9.59 Å². The Bertz CT molecular complexity index is 535. The number of amides is 3. The van der Waals surface area contributed by atoms with Gasteiger partial charge in [-0.15, -0.1) is 0 Å². The first-order valence-electron chi connectivity index (χ1n) is 6.47. The van der Waals surface area contributed by atoms with Gasteiger partial charge in [-0.05, 0) is 25.0 Å². The van der Waals surface area contributed by atoms with Crippen LogP contribution in [-0.2, 0) is 4.79 Å². The number of ether oxygens (including phenoxy) is 1. The predicted molar refractivity (Wildman–Crippen MR) is 70.2 cm³/mol. The summed E-state index contributed by atoms with van der Waals surface area (Å²) in [7, 11) is 1.56. The number of urea groups is 1. The Morgan fingerprint density at radius 2 is 2.00 bits per heavy atom. The quantitative estimate of drug-likeness (QED) is 0.828. The molecule has 19 heavy (non-hydrogen) atoms. The smallest absolute Gasteiger partial charge is 0.329 e. The third-order valence-corrected chi connectivity index (χ3v) is 3.93. The number of benzene rings is 1. The molecule has 1 aliphatic carbocycles. The molecular weight excluding hydrogens is 244 g/mol. The van der Waals surface area contributed by atoms with Crippen LogP contribution >= 0.6 is 0 Å². The lowest BCUT2D eigenvalue weighted by Crippen LogP contribution is -2.44. The number of carbonyl (C=O) groups is 2. The van der Waals surface area contributed by atoms with E-state index in [1.807, 2.05) is 0 Å². The highest BCUT2D eigenvalue weighted by Crippen LogP contribution is 2.37. The highest BCUT2D eigenvalue weighted by molar-refractivity contribution is 6.23. The molecule has 1 aliphatic heterocycles. The van der Waals surface area contributed by atoms with Gasteiger partial charge in [-0.1, -0.05) is 18.9 Å². The molecular formula is C14H16N2O3. The predicted octanol–water partition coefficient (Wildman–Crippen LogP) is 2.06. The average Bonchev–Trinajstić information content (AvgIpc) is 2.97. The van der Waals surface area contributed by atoms with E-state index >= 15 is 0 Å². The molecule has 2 fully saturated rings. The molecule has 1 aromatic rings. The minimum Gasteiger partial charge on any atom is -0.497 e. The Kier molecular flexibility index (Phi) is 2.69. The van der Waals surface area contributed by atoms with Crippen molar-refractivity contribution in [3.8, 4) is 5.75 Å². The normalized spacial score (nSPS) is 21.0. The van der Waals surface area contributed by atoms with E-state index in [0.29, 0.717) is 11.4 Å². The first kappa shape index (κ1) is 12.0. The molecule has 2 aliphatic rings. The van der Waals surface area contributed by atoms with Crippen LogP contribution in [0.3, 0.4) is 0 Å². The molecule has 1 saturated carbocycles. The molecule has 1 heterocycles. The average molecular weight is 260 g/mol. The molecule has 5 nitrogen and oxygen atoms in total. The maximum Gasteiger partial charge on any atom is 0.329 e. The van der Waals surface area contributed by atoms with Crippen LogP contribution in [-0.4, -0.2) is 24.6 Å². The van der Waals surface area contributed by atoms with Crippen molar-refractivity contribution in [1.29, 1.82) is 0 Å². The number of hydrogen-bond acceptors (Lipinski definition) is 3. The van der Waals surface area contributed by atoms with Crippen molar-refractivity contribution in [1.82, 2.24) is 5.32 Å². The van der Waals surface area contributed by atoms with Gasteiger partial charge in [0, 0.05) is 6.07 Å². The summed E-state index contributed by atoms with van der Waals surface area (Å²) in [5, 5.41) is 2.86. The maximum absolute atomic E-state index is 12.5. The Balaban J connectivity index is 1.96. The number of imide groups is 1. The van der Waals surface area contributed by atoms with Crippen LogP contribution < -0.4 is 15.0 Å². The van der Waals surface area contributed by atoms with Crippen LogP contribution in [0.2, 0.25) is 0 Å². The zero-order valence-electron chi connectivity index (χ0n) is 10.8. The van der Waals surface area contributed by atoms with Crippen LogP contribution in [0.5, 0.6) is 5.75 Å². The monoisotopic (exact) mass is 260 g/mol. The van der Waals surface area contributed by atoms with Crippen LogP contribution in [0.1, 0.15) is 25.7 Å². The second-order valence-electron chi connectivity index (χ2n) is 5.06. The Hall–Kier alpha value is -2.04. The van der Waals surface area contributed by atoms with Crippen molar-refractivity contribution in [2.24, 2.45) is 0 Å². The molecule has 5 heteroatoms. The fraction of sp³-hybridized carbons (Fsp3) is 0.429. The van der Waals surface area contributed by atoms with E-state index in [0.717, 1.165) is 25.7 Å². The summed E-state index contributed by atoms with van der Waals surface area (Å²) >= 11 is 0.